The molecule has 0 unspecified atom stereocenters. The van der Waals surface area contributed by atoms with Crippen molar-refractivity contribution in [3.05, 3.63) is 6.92 Å². The van der Waals surface area contributed by atoms with Crippen molar-refractivity contribution in [1.29, 1.82) is 0 Å². The zero-order chi connectivity index (χ0) is 5.86. The van der Waals surface area contributed by atoms with E-state index in [0.29, 0.717) is 0 Å². The monoisotopic (exact) mass is 267 g/mol. The summed E-state index contributed by atoms with van der Waals surface area (Å²) < 4.78 is 4.07. The summed E-state index contributed by atoms with van der Waals surface area (Å²) >= 11 is 1.46. The summed E-state index contributed by atoms with van der Waals surface area (Å²) in [4.78, 5) is 0. The summed E-state index contributed by atoms with van der Waals surface area (Å²) in [5.74, 6) is 0. The number of hydrogen-bond donors (Lipinski definition) is 0. The molecule has 1 nitrogen and oxygen atoms in total. The molecule has 0 N–H and O–H groups in total. The van der Waals surface area contributed by atoms with Gasteiger partial charge in [0.2, 0.25) is 0 Å². The Morgan fingerprint density at radius 3 is 2.29 bits per heavy atom. The third-order valence-corrected chi connectivity index (χ3v) is 1.90. The molecule has 0 heterocycles. The molecule has 2 heteroatoms. The predicted molar refractivity (Wildman–Crippen MR) is 28.3 cm³/mol. The molecule has 7 heavy (non-hydrogen) atoms. The average Bonchev–Trinajstić information content (AvgIpc) is 1.65. The Hall–Kier alpha value is 0.0983. The molecule has 0 rings (SSSR count). The van der Waals surface area contributed by atoms with E-state index in [9.17, 15) is 0 Å². The molecule has 0 fully saturated rings. The molecule has 40 valence electrons. The summed E-state index contributed by atoms with van der Waals surface area (Å²) in [6, 6.07) is 0. The summed E-state index contributed by atoms with van der Waals surface area (Å²) in [6.45, 7) is 5.72. The zero-order valence-electron chi connectivity index (χ0n) is 4.64. The fraction of sp³-hybridized carbons (Fsp3) is 0.400. The van der Waals surface area contributed by atoms with Crippen LogP contribution in [0.2, 0.25) is 0 Å². The number of nitrogens with zero attached hydrogens (tertiary/aromatic N) is 1. The van der Waals surface area contributed by atoms with E-state index in [4.69, 9.17) is 0 Å². The molecule has 0 aliphatic heterocycles. The first-order valence-corrected chi connectivity index (χ1v) is 3.71. The van der Waals surface area contributed by atoms with Crippen LogP contribution in [0.15, 0.2) is 0 Å². The maximum absolute atomic E-state index is 3.73. The van der Waals surface area contributed by atoms with Gasteiger partial charge < -0.3 is 0 Å². The van der Waals surface area contributed by atoms with Crippen LogP contribution in [0, 0.1) is 6.92 Å². The van der Waals surface area contributed by atoms with E-state index < -0.39 is 0 Å². The summed E-state index contributed by atoms with van der Waals surface area (Å²) in [7, 11) is 2.00. The molecule has 0 aliphatic rings. The Balaban J connectivity index is 3.98. The van der Waals surface area contributed by atoms with Crippen LogP contribution in [0.1, 0.15) is 6.92 Å². The predicted octanol–water partition coefficient (Wildman–Crippen LogP) is 0.230. The Morgan fingerprint density at radius 1 is 1.86 bits per heavy atom. The summed E-state index contributed by atoms with van der Waals surface area (Å²) in [6.07, 6.45) is 0. The van der Waals surface area contributed by atoms with Gasteiger partial charge in [0.25, 0.3) is 0 Å². The van der Waals surface area contributed by atoms with E-state index in [2.05, 4.69) is 11.4 Å². The Morgan fingerprint density at radius 2 is 2.29 bits per heavy atom. The summed E-state index contributed by atoms with van der Waals surface area (Å²) in [5.41, 5.74) is 1.09. The molecular weight excluding hydrogens is 258 g/mol. The second-order valence-electron chi connectivity index (χ2n) is 1.45. The van der Waals surface area contributed by atoms with E-state index in [-0.39, 0.29) is 0 Å². The molecule has 0 aromatic heterocycles. The van der Waals surface area contributed by atoms with E-state index >= 15 is 0 Å². The van der Waals surface area contributed by atoms with Crippen LogP contribution in [-0.2, 0) is 19.4 Å². The number of hydrogen-bond acceptors (Lipinski definition) is 0. The minimum atomic E-state index is 1.09. The molecule has 0 atom stereocenters. The van der Waals surface area contributed by atoms with Crippen molar-refractivity contribution >= 4 is 10.2 Å². The Labute approximate surface area is 55.5 Å². The van der Waals surface area contributed by atoms with Crippen LogP contribution in [0.25, 0.3) is 0 Å². The topological polar surface area (TPSA) is 3.01 Å². The molecule has 0 saturated carbocycles. The minimum absolute atomic E-state index is 1.09. The van der Waals surface area contributed by atoms with Gasteiger partial charge in [0.15, 0.2) is 0 Å². The molecule has 0 aliphatic carbocycles. The van der Waals surface area contributed by atoms with Gasteiger partial charge in [0, 0.05) is 0 Å². The van der Waals surface area contributed by atoms with Crippen molar-refractivity contribution in [2.24, 2.45) is 0 Å². The van der Waals surface area contributed by atoms with Crippen LogP contribution in [0.5, 0.6) is 0 Å². The first-order chi connectivity index (χ1) is 3.18. The van der Waals surface area contributed by atoms with Crippen LogP contribution in [0.4, 0.5) is 0 Å². The van der Waals surface area contributed by atoms with Crippen LogP contribution < -0.4 is 0 Å². The molecule has 0 radical (unpaired) electrons. The first-order valence-electron chi connectivity index (χ1n) is 2.02. The van der Waals surface area contributed by atoms with Crippen molar-refractivity contribution < 1.29 is 23.9 Å². The third-order valence-electron chi connectivity index (χ3n) is 0.760. The van der Waals surface area contributed by atoms with Crippen molar-refractivity contribution in [2.45, 2.75) is 6.92 Å². The standard InChI is InChI=1S/C5H9N.W/c1-5(2)6(3)4;/h3H,1H2,2,4H3;. The normalized spacial score (nSPS) is 12.9. The Kier molecular flexibility index (Phi) is 3.19. The fourth-order valence-electron chi connectivity index (χ4n) is 0.0900. The van der Waals surface area contributed by atoms with Crippen molar-refractivity contribution in [3.63, 3.8) is 0 Å². The second-order valence-corrected chi connectivity index (χ2v) is 2.21. The van der Waals surface area contributed by atoms with Gasteiger partial charge in [-0.25, -0.2) is 0 Å². The van der Waals surface area contributed by atoms with Crippen LogP contribution in [0.3, 0.4) is 0 Å². The fourth-order valence-corrected chi connectivity index (χ4v) is 0.736. The van der Waals surface area contributed by atoms with E-state index in [1.807, 2.05) is 18.5 Å². The quantitative estimate of drug-likeness (QED) is 0.363. The van der Waals surface area contributed by atoms with Gasteiger partial charge in [-0.3, -0.25) is 0 Å². The van der Waals surface area contributed by atoms with Crippen molar-refractivity contribution in [3.8, 4) is 0 Å². The van der Waals surface area contributed by atoms with Crippen molar-refractivity contribution in [1.82, 2.24) is 0 Å². The first kappa shape index (κ1) is 7.10. The van der Waals surface area contributed by atoms with Gasteiger partial charge in [-0.05, 0) is 0 Å². The van der Waals surface area contributed by atoms with Gasteiger partial charge >= 0.3 is 55.1 Å². The number of rotatable bonds is 1. The van der Waals surface area contributed by atoms with E-state index in [0.717, 1.165) is 5.71 Å². The van der Waals surface area contributed by atoms with Crippen molar-refractivity contribution in [2.75, 3.05) is 7.05 Å². The van der Waals surface area contributed by atoms with E-state index in [1.165, 1.54) is 19.4 Å². The summed E-state index contributed by atoms with van der Waals surface area (Å²) in [5, 5.41) is 0. The molecule has 0 saturated heterocycles. The maximum atomic E-state index is 3.73. The SMILES string of the molecule is [CH2-]C(C)=[N+](C)[CH]=[W]. The van der Waals surface area contributed by atoms with E-state index in [1.54, 1.807) is 0 Å². The van der Waals surface area contributed by atoms with Gasteiger partial charge in [-0.2, -0.15) is 0 Å². The third kappa shape index (κ3) is 2.75. The molecule has 0 amide bonds. The van der Waals surface area contributed by atoms with Crippen LogP contribution in [-0.4, -0.2) is 21.9 Å². The van der Waals surface area contributed by atoms with Gasteiger partial charge in [-0.1, -0.05) is 0 Å². The molecule has 0 aromatic rings. The van der Waals surface area contributed by atoms with Crippen LogP contribution >= 0.6 is 0 Å². The zero-order valence-corrected chi connectivity index (χ0v) is 7.57. The van der Waals surface area contributed by atoms with Gasteiger partial charge in [0.1, 0.15) is 0 Å². The average molecular weight is 267 g/mol. The second kappa shape index (κ2) is 3.15. The van der Waals surface area contributed by atoms with Gasteiger partial charge in [-0.15, -0.1) is 0 Å². The molecule has 0 spiro atoms. The Bertz CT molecular complexity index is 101. The molecule has 0 aromatic carbocycles. The molecular formula is C5H9NW. The molecule has 0 bridgehead atoms. The van der Waals surface area contributed by atoms with Gasteiger partial charge in [0.05, 0.1) is 0 Å².